The van der Waals surface area contributed by atoms with Crippen LogP contribution in [0.25, 0.3) is 10.9 Å². The van der Waals surface area contributed by atoms with Crippen LogP contribution < -0.4 is 5.73 Å². The second-order valence-electron chi connectivity index (χ2n) is 5.33. The first kappa shape index (κ1) is 15.6. The normalized spacial score (nSPS) is 12.5. The first-order chi connectivity index (χ1) is 9.76. The van der Waals surface area contributed by atoms with Crippen LogP contribution in [0.4, 0.5) is 18.9 Å². The highest BCUT2D eigenvalue weighted by Crippen LogP contribution is 2.23. The van der Waals surface area contributed by atoms with Crippen LogP contribution in [-0.4, -0.2) is 28.6 Å². The lowest BCUT2D eigenvalue weighted by Gasteiger charge is -2.27. The van der Waals surface area contributed by atoms with Crippen molar-refractivity contribution in [2.24, 2.45) is 0 Å². The Hall–Kier alpha value is -1.82. The summed E-state index contributed by atoms with van der Waals surface area (Å²) in [6, 6.07) is 8.74. The highest BCUT2D eigenvalue weighted by Gasteiger charge is 2.31. The van der Waals surface area contributed by atoms with Gasteiger partial charge in [0.05, 0.1) is 17.8 Å². The molecule has 2 rings (SSSR count). The number of halogens is 3. The fraction of sp³-hybridized carbons (Fsp3) is 0.400. The second-order valence-corrected chi connectivity index (χ2v) is 5.33. The highest BCUT2D eigenvalue weighted by molar-refractivity contribution is 5.90. The lowest BCUT2D eigenvalue weighted by Crippen LogP contribution is -2.38. The smallest absolute Gasteiger partial charge is 0.398 e. The maximum Gasteiger partial charge on any atom is 0.401 e. The van der Waals surface area contributed by atoms with E-state index >= 15 is 0 Å². The van der Waals surface area contributed by atoms with Gasteiger partial charge < -0.3 is 5.73 Å². The fourth-order valence-corrected chi connectivity index (χ4v) is 2.20. The molecule has 2 N–H and O–H groups in total. The third kappa shape index (κ3) is 4.07. The van der Waals surface area contributed by atoms with Crippen LogP contribution >= 0.6 is 0 Å². The summed E-state index contributed by atoms with van der Waals surface area (Å²) >= 11 is 0. The van der Waals surface area contributed by atoms with E-state index in [0.717, 1.165) is 5.39 Å². The SMILES string of the molecule is CC(C)N(Cc1cc(N)c2ccccc2n1)CC(F)(F)F. The molecule has 0 fully saturated rings. The average molecular weight is 297 g/mol. The minimum absolute atomic E-state index is 0.117. The molecule has 0 atom stereocenters. The molecule has 0 bridgehead atoms. The summed E-state index contributed by atoms with van der Waals surface area (Å²) < 4.78 is 37.8. The highest BCUT2D eigenvalue weighted by atomic mass is 19.4. The van der Waals surface area contributed by atoms with Crippen molar-refractivity contribution in [3.63, 3.8) is 0 Å². The molecule has 114 valence electrons. The molecule has 0 saturated heterocycles. The van der Waals surface area contributed by atoms with E-state index in [1.54, 1.807) is 26.0 Å². The monoisotopic (exact) mass is 297 g/mol. The van der Waals surface area contributed by atoms with Gasteiger partial charge in [-0.15, -0.1) is 0 Å². The first-order valence-corrected chi connectivity index (χ1v) is 6.71. The van der Waals surface area contributed by atoms with Gasteiger partial charge in [-0.2, -0.15) is 13.2 Å². The number of alkyl halides is 3. The van der Waals surface area contributed by atoms with Crippen molar-refractivity contribution in [3.8, 4) is 0 Å². The number of fused-ring (bicyclic) bond motifs is 1. The maximum atomic E-state index is 12.6. The van der Waals surface area contributed by atoms with E-state index in [1.807, 2.05) is 18.2 Å². The molecule has 0 spiro atoms. The second kappa shape index (κ2) is 5.89. The maximum absolute atomic E-state index is 12.6. The Morgan fingerprint density at radius 1 is 1.24 bits per heavy atom. The van der Waals surface area contributed by atoms with Gasteiger partial charge in [-0.05, 0) is 26.0 Å². The summed E-state index contributed by atoms with van der Waals surface area (Å²) in [6.07, 6.45) is -4.23. The molecule has 0 aliphatic carbocycles. The van der Waals surface area contributed by atoms with E-state index in [0.29, 0.717) is 16.9 Å². The van der Waals surface area contributed by atoms with Gasteiger partial charge in [0.15, 0.2) is 0 Å². The Labute approximate surface area is 121 Å². The summed E-state index contributed by atoms with van der Waals surface area (Å²) in [4.78, 5) is 5.73. The summed E-state index contributed by atoms with van der Waals surface area (Å²) in [5.41, 5.74) is 7.73. The number of hydrogen-bond acceptors (Lipinski definition) is 3. The number of hydrogen-bond donors (Lipinski definition) is 1. The van der Waals surface area contributed by atoms with E-state index in [2.05, 4.69) is 4.98 Å². The van der Waals surface area contributed by atoms with Crippen molar-refractivity contribution in [1.82, 2.24) is 9.88 Å². The number of benzene rings is 1. The van der Waals surface area contributed by atoms with E-state index in [4.69, 9.17) is 5.73 Å². The number of rotatable bonds is 4. The van der Waals surface area contributed by atoms with E-state index < -0.39 is 12.7 Å². The molecule has 1 heterocycles. The van der Waals surface area contributed by atoms with Gasteiger partial charge in [0, 0.05) is 23.7 Å². The lowest BCUT2D eigenvalue weighted by molar-refractivity contribution is -0.151. The zero-order valence-electron chi connectivity index (χ0n) is 12.0. The number of nitrogen functional groups attached to an aromatic ring is 1. The molecule has 0 amide bonds. The zero-order chi connectivity index (χ0) is 15.6. The predicted molar refractivity (Wildman–Crippen MR) is 77.8 cm³/mol. The molecule has 0 unspecified atom stereocenters. The van der Waals surface area contributed by atoms with Crippen molar-refractivity contribution in [1.29, 1.82) is 0 Å². The van der Waals surface area contributed by atoms with Crippen LogP contribution in [0.2, 0.25) is 0 Å². The van der Waals surface area contributed by atoms with Gasteiger partial charge in [0.1, 0.15) is 0 Å². The van der Waals surface area contributed by atoms with Crippen LogP contribution in [-0.2, 0) is 6.54 Å². The number of anilines is 1. The Kier molecular flexibility index (Phi) is 4.37. The summed E-state index contributed by atoms with van der Waals surface area (Å²) in [5.74, 6) is 0. The standard InChI is InChI=1S/C15H18F3N3/c1-10(2)21(9-15(16,17)18)8-11-7-13(19)12-5-3-4-6-14(12)20-11/h3-7,10H,8-9H2,1-2H3,(H2,19,20). The van der Waals surface area contributed by atoms with Crippen LogP contribution in [0, 0.1) is 0 Å². The zero-order valence-corrected chi connectivity index (χ0v) is 12.0. The Bertz CT molecular complexity index is 623. The molecule has 6 heteroatoms. The third-order valence-electron chi connectivity index (χ3n) is 3.28. The largest absolute Gasteiger partial charge is 0.401 e. The Morgan fingerprint density at radius 3 is 2.52 bits per heavy atom. The molecule has 1 aromatic carbocycles. The number of nitrogens with zero attached hydrogens (tertiary/aromatic N) is 2. The van der Waals surface area contributed by atoms with E-state index in [9.17, 15) is 13.2 Å². The molecular weight excluding hydrogens is 279 g/mol. The van der Waals surface area contributed by atoms with Gasteiger partial charge in [-0.25, -0.2) is 0 Å². The van der Waals surface area contributed by atoms with Crippen molar-refractivity contribution in [3.05, 3.63) is 36.0 Å². The molecule has 0 aliphatic rings. The minimum Gasteiger partial charge on any atom is -0.398 e. The lowest BCUT2D eigenvalue weighted by atomic mass is 10.1. The molecule has 0 saturated carbocycles. The van der Waals surface area contributed by atoms with Gasteiger partial charge in [0.2, 0.25) is 0 Å². The van der Waals surface area contributed by atoms with E-state index in [1.165, 1.54) is 4.90 Å². The van der Waals surface area contributed by atoms with Gasteiger partial charge in [-0.1, -0.05) is 18.2 Å². The van der Waals surface area contributed by atoms with Gasteiger partial charge in [-0.3, -0.25) is 9.88 Å². The minimum atomic E-state index is -4.23. The number of nitrogens with two attached hydrogens (primary N) is 1. The van der Waals surface area contributed by atoms with Crippen LogP contribution in [0.5, 0.6) is 0 Å². The molecule has 3 nitrogen and oxygen atoms in total. The molecule has 1 aromatic heterocycles. The molecular formula is C15H18F3N3. The predicted octanol–water partition coefficient (Wildman–Crippen LogP) is 3.59. The topological polar surface area (TPSA) is 42.1 Å². The number of pyridine rings is 1. The molecule has 21 heavy (non-hydrogen) atoms. The van der Waals surface area contributed by atoms with Crippen molar-refractivity contribution in [2.75, 3.05) is 12.3 Å². The Balaban J connectivity index is 2.28. The van der Waals surface area contributed by atoms with Gasteiger partial charge >= 0.3 is 6.18 Å². The molecule has 0 radical (unpaired) electrons. The quantitative estimate of drug-likeness (QED) is 0.937. The fourth-order valence-electron chi connectivity index (χ4n) is 2.20. The average Bonchev–Trinajstić information content (AvgIpc) is 2.36. The van der Waals surface area contributed by atoms with Crippen molar-refractivity contribution in [2.45, 2.75) is 32.6 Å². The summed E-state index contributed by atoms with van der Waals surface area (Å²) in [7, 11) is 0. The summed E-state index contributed by atoms with van der Waals surface area (Å²) in [5, 5.41) is 0.813. The number of aromatic nitrogens is 1. The van der Waals surface area contributed by atoms with Crippen molar-refractivity contribution < 1.29 is 13.2 Å². The van der Waals surface area contributed by atoms with Gasteiger partial charge in [0.25, 0.3) is 0 Å². The van der Waals surface area contributed by atoms with Crippen molar-refractivity contribution >= 4 is 16.6 Å². The number of para-hydroxylation sites is 1. The van der Waals surface area contributed by atoms with E-state index in [-0.39, 0.29) is 12.6 Å². The first-order valence-electron chi connectivity index (χ1n) is 6.71. The van der Waals surface area contributed by atoms with Crippen LogP contribution in [0.3, 0.4) is 0 Å². The summed E-state index contributed by atoms with van der Waals surface area (Å²) in [6.45, 7) is 2.62. The van der Waals surface area contributed by atoms with Crippen LogP contribution in [0.1, 0.15) is 19.5 Å². The van der Waals surface area contributed by atoms with Crippen LogP contribution in [0.15, 0.2) is 30.3 Å². The molecule has 0 aliphatic heterocycles. The third-order valence-corrected chi connectivity index (χ3v) is 3.28. The molecule has 2 aromatic rings. The Morgan fingerprint density at radius 2 is 1.90 bits per heavy atom.